The van der Waals surface area contributed by atoms with Gasteiger partial charge in [0.2, 0.25) is 5.91 Å². The molecule has 2 aliphatic rings. The second-order valence-corrected chi connectivity index (χ2v) is 7.37. The highest BCUT2D eigenvalue weighted by Gasteiger charge is 2.37. The van der Waals surface area contributed by atoms with Gasteiger partial charge < -0.3 is 10.6 Å². The van der Waals surface area contributed by atoms with Crippen LogP contribution in [0.1, 0.15) is 24.3 Å². The maximum Gasteiger partial charge on any atom is 0.225 e. The molecule has 2 heterocycles. The van der Waals surface area contributed by atoms with E-state index in [1.54, 1.807) is 0 Å². The third-order valence-electron chi connectivity index (χ3n) is 4.85. The molecule has 2 atom stereocenters. The molecule has 0 spiro atoms. The molecule has 1 aromatic carbocycles. The summed E-state index contributed by atoms with van der Waals surface area (Å²) >= 11 is 1.97. The number of nitrogens with two attached hydrogens (primary N) is 1. The van der Waals surface area contributed by atoms with Crippen molar-refractivity contribution in [3.8, 4) is 0 Å². The van der Waals surface area contributed by atoms with E-state index in [9.17, 15) is 4.79 Å². The number of hydrogen-bond acceptors (Lipinski definition) is 3. The van der Waals surface area contributed by atoms with Crippen molar-refractivity contribution in [1.82, 2.24) is 4.90 Å². The smallest absolute Gasteiger partial charge is 0.225 e. The fourth-order valence-corrected chi connectivity index (χ4v) is 4.68. The van der Waals surface area contributed by atoms with Gasteiger partial charge in [0.15, 0.2) is 0 Å². The van der Waals surface area contributed by atoms with Crippen molar-refractivity contribution < 1.29 is 4.79 Å². The third kappa shape index (κ3) is 3.79. The second kappa shape index (κ2) is 8.23. The monoisotopic (exact) mass is 340 g/mol. The molecular weight excluding hydrogens is 316 g/mol. The van der Waals surface area contributed by atoms with E-state index in [4.69, 9.17) is 5.73 Å². The number of amides is 1. The second-order valence-electron chi connectivity index (χ2n) is 6.14. The van der Waals surface area contributed by atoms with Crippen molar-refractivity contribution in [2.75, 3.05) is 31.1 Å². The lowest BCUT2D eigenvalue weighted by molar-refractivity contribution is -0.134. The van der Waals surface area contributed by atoms with Crippen molar-refractivity contribution in [3.05, 3.63) is 35.9 Å². The van der Waals surface area contributed by atoms with Gasteiger partial charge in [0.1, 0.15) is 0 Å². The fourth-order valence-electron chi connectivity index (χ4n) is 3.57. The summed E-state index contributed by atoms with van der Waals surface area (Å²) in [5.74, 6) is 3.68. The van der Waals surface area contributed by atoms with Crippen molar-refractivity contribution in [2.45, 2.75) is 18.8 Å². The molecule has 0 unspecified atom stereocenters. The first-order chi connectivity index (χ1) is 10.3. The number of rotatable bonds is 3. The summed E-state index contributed by atoms with van der Waals surface area (Å²) in [4.78, 5) is 14.8. The van der Waals surface area contributed by atoms with Gasteiger partial charge in [0.05, 0.1) is 0 Å². The number of nitrogens with zero attached hydrogens (tertiary/aromatic N) is 1. The number of carbonyl (C=O) groups is 1. The van der Waals surface area contributed by atoms with E-state index >= 15 is 0 Å². The molecule has 0 saturated carbocycles. The summed E-state index contributed by atoms with van der Waals surface area (Å²) in [5.41, 5.74) is 7.28. The summed E-state index contributed by atoms with van der Waals surface area (Å²) in [6, 6.07) is 10.5. The molecule has 0 radical (unpaired) electrons. The zero-order valence-corrected chi connectivity index (χ0v) is 14.5. The van der Waals surface area contributed by atoms with Gasteiger partial charge in [-0.1, -0.05) is 30.3 Å². The van der Waals surface area contributed by atoms with Gasteiger partial charge in [-0.25, -0.2) is 0 Å². The van der Waals surface area contributed by atoms with Crippen LogP contribution < -0.4 is 5.73 Å². The van der Waals surface area contributed by atoms with Crippen molar-refractivity contribution in [1.29, 1.82) is 0 Å². The first kappa shape index (κ1) is 17.6. The van der Waals surface area contributed by atoms with E-state index in [0.717, 1.165) is 37.4 Å². The van der Waals surface area contributed by atoms with E-state index in [2.05, 4.69) is 29.2 Å². The van der Waals surface area contributed by atoms with Crippen LogP contribution in [-0.2, 0) is 4.79 Å². The molecule has 3 nitrogen and oxygen atoms in total. The Kier molecular flexibility index (Phi) is 6.60. The first-order valence-corrected chi connectivity index (χ1v) is 9.06. The predicted octanol–water partition coefficient (Wildman–Crippen LogP) is 2.75. The van der Waals surface area contributed by atoms with Crippen LogP contribution in [0.3, 0.4) is 0 Å². The lowest BCUT2D eigenvalue weighted by Crippen LogP contribution is -2.36. The van der Waals surface area contributed by atoms with Gasteiger partial charge in [0, 0.05) is 24.9 Å². The normalized spacial score (nSPS) is 25.8. The quantitative estimate of drug-likeness (QED) is 0.920. The summed E-state index contributed by atoms with van der Waals surface area (Å²) in [7, 11) is 0. The van der Waals surface area contributed by atoms with Crippen LogP contribution in [0.25, 0.3) is 0 Å². The zero-order chi connectivity index (χ0) is 14.7. The Morgan fingerprint density at radius 1 is 1.18 bits per heavy atom. The minimum Gasteiger partial charge on any atom is -0.341 e. The Balaban J connectivity index is 0.00000176. The minimum absolute atomic E-state index is 0. The highest BCUT2D eigenvalue weighted by molar-refractivity contribution is 7.99. The van der Waals surface area contributed by atoms with Crippen molar-refractivity contribution in [2.24, 2.45) is 17.6 Å². The third-order valence-corrected chi connectivity index (χ3v) is 5.90. The highest BCUT2D eigenvalue weighted by atomic mass is 35.5. The van der Waals surface area contributed by atoms with E-state index < -0.39 is 0 Å². The van der Waals surface area contributed by atoms with Crippen molar-refractivity contribution in [3.63, 3.8) is 0 Å². The molecule has 5 heteroatoms. The van der Waals surface area contributed by atoms with Crippen LogP contribution in [0, 0.1) is 11.8 Å². The van der Waals surface area contributed by atoms with Crippen LogP contribution in [0.5, 0.6) is 0 Å². The highest BCUT2D eigenvalue weighted by Crippen LogP contribution is 2.34. The molecule has 2 saturated heterocycles. The van der Waals surface area contributed by atoms with Crippen LogP contribution in [0.2, 0.25) is 0 Å². The van der Waals surface area contributed by atoms with Gasteiger partial charge in [-0.3, -0.25) is 4.79 Å². The Morgan fingerprint density at radius 2 is 1.86 bits per heavy atom. The van der Waals surface area contributed by atoms with Gasteiger partial charge in [-0.15, -0.1) is 12.4 Å². The molecule has 1 aromatic rings. The van der Waals surface area contributed by atoms with Crippen molar-refractivity contribution >= 4 is 30.1 Å². The largest absolute Gasteiger partial charge is 0.341 e. The van der Waals surface area contributed by atoms with E-state index in [-0.39, 0.29) is 18.3 Å². The van der Waals surface area contributed by atoms with Crippen LogP contribution in [0.4, 0.5) is 0 Å². The molecule has 22 heavy (non-hydrogen) atoms. The molecule has 2 N–H and O–H groups in total. The zero-order valence-electron chi connectivity index (χ0n) is 12.8. The summed E-state index contributed by atoms with van der Waals surface area (Å²) < 4.78 is 0. The Bertz CT molecular complexity index is 479. The maximum atomic E-state index is 12.7. The number of hydrogen-bond donors (Lipinski definition) is 1. The lowest BCUT2D eigenvalue weighted by Gasteiger charge is -2.26. The Labute approximate surface area is 143 Å². The van der Waals surface area contributed by atoms with Gasteiger partial charge in [-0.2, -0.15) is 11.8 Å². The molecule has 3 rings (SSSR count). The summed E-state index contributed by atoms with van der Waals surface area (Å²) in [6.45, 7) is 2.33. The molecule has 1 amide bonds. The summed E-state index contributed by atoms with van der Waals surface area (Å²) in [5, 5.41) is 0. The number of carbonyl (C=O) groups excluding carboxylic acids is 1. The topological polar surface area (TPSA) is 46.3 Å². The predicted molar refractivity (Wildman–Crippen MR) is 95.6 cm³/mol. The van der Waals surface area contributed by atoms with E-state index in [0.29, 0.717) is 24.3 Å². The van der Waals surface area contributed by atoms with E-state index in [1.165, 1.54) is 5.56 Å². The molecule has 0 aliphatic carbocycles. The Morgan fingerprint density at radius 3 is 2.50 bits per heavy atom. The molecule has 2 aliphatic heterocycles. The lowest BCUT2D eigenvalue weighted by atomic mass is 9.89. The standard InChI is InChI=1S/C17H24N2OS.ClH/c18-10-15-11-19(17(20)14-6-8-21-9-7-14)12-16(15)13-4-2-1-3-5-13;/h1-5,14-16H,6-12,18H2;1H/t15-,16+;/m1./s1. The molecule has 122 valence electrons. The minimum atomic E-state index is 0. The molecule has 0 aromatic heterocycles. The summed E-state index contributed by atoms with van der Waals surface area (Å²) in [6.07, 6.45) is 2.09. The van der Waals surface area contributed by atoms with Crippen LogP contribution in [0.15, 0.2) is 30.3 Å². The average molecular weight is 341 g/mol. The van der Waals surface area contributed by atoms with Crippen LogP contribution in [-0.4, -0.2) is 41.9 Å². The Hall–Kier alpha value is -0.710. The maximum absolute atomic E-state index is 12.7. The average Bonchev–Trinajstić information content (AvgIpc) is 3.00. The number of thioether (sulfide) groups is 1. The molecule has 0 bridgehead atoms. The fraction of sp³-hybridized carbons (Fsp3) is 0.588. The van der Waals surface area contributed by atoms with Gasteiger partial charge in [-0.05, 0) is 42.4 Å². The number of likely N-dealkylation sites (tertiary alicyclic amines) is 1. The SMILES string of the molecule is Cl.NC[C@@H]1CN(C(=O)C2CCSCC2)C[C@H]1c1ccccc1. The van der Waals surface area contributed by atoms with E-state index in [1.807, 2.05) is 17.8 Å². The van der Waals surface area contributed by atoms with Gasteiger partial charge in [0.25, 0.3) is 0 Å². The molecule has 2 fully saturated rings. The van der Waals surface area contributed by atoms with Gasteiger partial charge >= 0.3 is 0 Å². The number of benzene rings is 1. The first-order valence-electron chi connectivity index (χ1n) is 7.91. The number of halogens is 1. The van der Waals surface area contributed by atoms with Crippen LogP contribution >= 0.6 is 24.2 Å². The molecular formula is C17H25ClN2OS.